The van der Waals surface area contributed by atoms with Crippen LogP contribution in [0.1, 0.15) is 38.8 Å². The van der Waals surface area contributed by atoms with Gasteiger partial charge in [0.1, 0.15) is 12.5 Å². The van der Waals surface area contributed by atoms with Crippen LogP contribution in [0.15, 0.2) is 48.5 Å². The summed E-state index contributed by atoms with van der Waals surface area (Å²) in [5.74, 6) is -2.72. The number of esters is 1. The van der Waals surface area contributed by atoms with Crippen molar-refractivity contribution in [3.05, 3.63) is 70.8 Å². The molecule has 0 saturated carbocycles. The number of rotatable bonds is 7. The molecular formula is C22H22N2O5. The van der Waals surface area contributed by atoms with Crippen LogP contribution < -0.4 is 10.6 Å². The molecule has 0 aromatic heterocycles. The standard InChI is InChI=1S/C22H22N2O5/c1-2-29-19(25)13-24-22(28)18-11-17-15(20(18)26)9-6-10-16(17)21(27)23-12-14-7-4-3-5-8-14/h3-10,18H,2,11-13H2,1H3,(H,23,27)(H,24,28). The van der Waals surface area contributed by atoms with Crippen LogP contribution in [0.5, 0.6) is 0 Å². The van der Waals surface area contributed by atoms with Gasteiger partial charge in [0.25, 0.3) is 5.91 Å². The smallest absolute Gasteiger partial charge is 0.325 e. The molecule has 0 heterocycles. The molecule has 7 nitrogen and oxygen atoms in total. The molecule has 7 heteroatoms. The summed E-state index contributed by atoms with van der Waals surface area (Å²) in [6.07, 6.45) is 0.123. The minimum Gasteiger partial charge on any atom is -0.465 e. The molecule has 1 atom stereocenters. The lowest BCUT2D eigenvalue weighted by Gasteiger charge is -2.10. The van der Waals surface area contributed by atoms with Crippen molar-refractivity contribution in [3.63, 3.8) is 0 Å². The summed E-state index contributed by atoms with van der Waals surface area (Å²) >= 11 is 0. The maximum atomic E-state index is 12.7. The number of nitrogens with one attached hydrogen (secondary N) is 2. The first-order valence-corrected chi connectivity index (χ1v) is 9.42. The Morgan fingerprint density at radius 2 is 1.79 bits per heavy atom. The Morgan fingerprint density at radius 3 is 2.52 bits per heavy atom. The molecule has 150 valence electrons. The molecule has 0 radical (unpaired) electrons. The summed E-state index contributed by atoms with van der Waals surface area (Å²) in [5.41, 5.74) is 2.26. The van der Waals surface area contributed by atoms with Gasteiger partial charge in [-0.05, 0) is 30.5 Å². The zero-order chi connectivity index (χ0) is 20.8. The Bertz CT molecular complexity index is 939. The van der Waals surface area contributed by atoms with Crippen molar-refractivity contribution < 1.29 is 23.9 Å². The summed E-state index contributed by atoms with van der Waals surface area (Å²) in [7, 11) is 0. The number of carbonyl (C=O) groups excluding carboxylic acids is 4. The summed E-state index contributed by atoms with van der Waals surface area (Å²) in [6.45, 7) is 1.95. The van der Waals surface area contributed by atoms with E-state index in [1.54, 1.807) is 25.1 Å². The summed E-state index contributed by atoms with van der Waals surface area (Å²) in [5, 5.41) is 5.28. The Hall–Kier alpha value is -3.48. The van der Waals surface area contributed by atoms with Gasteiger partial charge in [0.15, 0.2) is 5.78 Å². The van der Waals surface area contributed by atoms with Gasteiger partial charge in [-0.25, -0.2) is 0 Å². The average Bonchev–Trinajstić information content (AvgIpc) is 3.08. The zero-order valence-electron chi connectivity index (χ0n) is 16.1. The molecular weight excluding hydrogens is 372 g/mol. The second-order valence-corrected chi connectivity index (χ2v) is 6.64. The Morgan fingerprint density at radius 1 is 1.03 bits per heavy atom. The van der Waals surface area contributed by atoms with Crippen LogP contribution in [0.25, 0.3) is 0 Å². The van der Waals surface area contributed by atoms with Crippen molar-refractivity contribution in [2.75, 3.05) is 13.2 Å². The normalized spacial score (nSPS) is 14.8. The summed E-state index contributed by atoms with van der Waals surface area (Å²) in [6, 6.07) is 14.4. The first kappa shape index (κ1) is 20.3. The van der Waals surface area contributed by atoms with Gasteiger partial charge >= 0.3 is 5.97 Å². The molecule has 1 aliphatic rings. The molecule has 0 bridgehead atoms. The Balaban J connectivity index is 1.68. The maximum Gasteiger partial charge on any atom is 0.325 e. The van der Waals surface area contributed by atoms with E-state index in [2.05, 4.69) is 10.6 Å². The van der Waals surface area contributed by atoms with Crippen LogP contribution in [0, 0.1) is 5.92 Å². The van der Waals surface area contributed by atoms with Crippen molar-refractivity contribution in [1.82, 2.24) is 10.6 Å². The third kappa shape index (κ3) is 4.68. The van der Waals surface area contributed by atoms with Crippen LogP contribution in [0.3, 0.4) is 0 Å². The highest BCUT2D eigenvalue weighted by atomic mass is 16.5. The molecule has 2 aromatic rings. The minimum absolute atomic E-state index is 0.123. The quantitative estimate of drug-likeness (QED) is 0.549. The van der Waals surface area contributed by atoms with Crippen LogP contribution in [-0.2, 0) is 27.3 Å². The number of Topliss-reactive ketones (excluding diaryl/α,β-unsaturated/α-hetero) is 1. The molecule has 0 aliphatic heterocycles. The van der Waals surface area contributed by atoms with E-state index in [0.717, 1.165) is 5.56 Å². The third-order valence-electron chi connectivity index (χ3n) is 4.74. The Kier molecular flexibility index (Phi) is 6.39. The van der Waals surface area contributed by atoms with Gasteiger partial charge in [-0.2, -0.15) is 0 Å². The fourth-order valence-corrected chi connectivity index (χ4v) is 3.31. The number of amides is 2. The lowest BCUT2D eigenvalue weighted by atomic mass is 10.0. The maximum absolute atomic E-state index is 12.7. The van der Waals surface area contributed by atoms with E-state index in [0.29, 0.717) is 23.2 Å². The van der Waals surface area contributed by atoms with Crippen LogP contribution in [0.4, 0.5) is 0 Å². The van der Waals surface area contributed by atoms with E-state index in [-0.39, 0.29) is 31.3 Å². The van der Waals surface area contributed by atoms with Crippen molar-refractivity contribution in [2.24, 2.45) is 5.92 Å². The first-order chi connectivity index (χ1) is 14.0. The van der Waals surface area contributed by atoms with E-state index in [4.69, 9.17) is 4.74 Å². The predicted molar refractivity (Wildman–Crippen MR) is 105 cm³/mol. The predicted octanol–water partition coefficient (Wildman–Crippen LogP) is 1.65. The van der Waals surface area contributed by atoms with Gasteiger partial charge in [-0.15, -0.1) is 0 Å². The van der Waals surface area contributed by atoms with Gasteiger partial charge in [0.05, 0.1) is 6.61 Å². The van der Waals surface area contributed by atoms with Crippen LogP contribution >= 0.6 is 0 Å². The molecule has 0 fully saturated rings. The average molecular weight is 394 g/mol. The molecule has 0 saturated heterocycles. The highest BCUT2D eigenvalue weighted by Crippen LogP contribution is 2.30. The number of fused-ring (bicyclic) bond motifs is 1. The van der Waals surface area contributed by atoms with Gasteiger partial charge in [0.2, 0.25) is 5.91 Å². The van der Waals surface area contributed by atoms with E-state index >= 15 is 0 Å². The fourth-order valence-electron chi connectivity index (χ4n) is 3.31. The molecule has 2 N–H and O–H groups in total. The topological polar surface area (TPSA) is 102 Å². The number of hydrogen-bond acceptors (Lipinski definition) is 5. The summed E-state index contributed by atoms with van der Waals surface area (Å²) in [4.78, 5) is 49.1. The molecule has 29 heavy (non-hydrogen) atoms. The lowest BCUT2D eigenvalue weighted by Crippen LogP contribution is -2.37. The van der Waals surface area contributed by atoms with Crippen molar-refractivity contribution in [2.45, 2.75) is 19.9 Å². The fraction of sp³-hybridized carbons (Fsp3) is 0.273. The number of ketones is 1. The largest absolute Gasteiger partial charge is 0.465 e. The lowest BCUT2D eigenvalue weighted by molar-refractivity contribution is -0.143. The summed E-state index contributed by atoms with van der Waals surface area (Å²) < 4.78 is 4.77. The van der Waals surface area contributed by atoms with Crippen molar-refractivity contribution in [3.8, 4) is 0 Å². The number of ether oxygens (including phenoxy) is 1. The van der Waals surface area contributed by atoms with Gasteiger partial charge in [-0.1, -0.05) is 42.5 Å². The second-order valence-electron chi connectivity index (χ2n) is 6.64. The zero-order valence-corrected chi connectivity index (χ0v) is 16.1. The minimum atomic E-state index is -0.956. The second kappa shape index (κ2) is 9.14. The third-order valence-corrected chi connectivity index (χ3v) is 4.74. The first-order valence-electron chi connectivity index (χ1n) is 9.42. The van der Waals surface area contributed by atoms with Gasteiger partial charge in [0, 0.05) is 17.7 Å². The van der Waals surface area contributed by atoms with E-state index in [9.17, 15) is 19.2 Å². The highest BCUT2D eigenvalue weighted by Gasteiger charge is 2.38. The molecule has 0 spiro atoms. The Labute approximate surface area is 168 Å². The van der Waals surface area contributed by atoms with Crippen LogP contribution in [0.2, 0.25) is 0 Å². The number of carbonyl (C=O) groups is 4. The molecule has 2 aromatic carbocycles. The number of hydrogen-bond donors (Lipinski definition) is 2. The molecule has 1 unspecified atom stereocenters. The molecule has 3 rings (SSSR count). The van der Waals surface area contributed by atoms with Crippen molar-refractivity contribution >= 4 is 23.6 Å². The molecule has 1 aliphatic carbocycles. The monoisotopic (exact) mass is 394 g/mol. The van der Waals surface area contributed by atoms with Gasteiger partial charge in [-0.3, -0.25) is 19.2 Å². The molecule has 2 amide bonds. The number of benzene rings is 2. The SMILES string of the molecule is CCOC(=O)CNC(=O)C1Cc2c(C(=O)NCc3ccccc3)cccc2C1=O. The van der Waals surface area contributed by atoms with Crippen molar-refractivity contribution in [1.29, 1.82) is 0 Å². The van der Waals surface area contributed by atoms with E-state index < -0.39 is 17.8 Å². The van der Waals surface area contributed by atoms with E-state index in [1.807, 2.05) is 30.3 Å². The van der Waals surface area contributed by atoms with Gasteiger partial charge < -0.3 is 15.4 Å². The van der Waals surface area contributed by atoms with E-state index in [1.165, 1.54) is 0 Å². The highest BCUT2D eigenvalue weighted by molar-refractivity contribution is 6.15. The van der Waals surface area contributed by atoms with Crippen LogP contribution in [-0.4, -0.2) is 36.7 Å².